The van der Waals surface area contributed by atoms with Crippen LogP contribution in [0.25, 0.3) is 0 Å². The summed E-state index contributed by atoms with van der Waals surface area (Å²) in [5.74, 6) is -2.44. The van der Waals surface area contributed by atoms with Crippen LogP contribution in [0.5, 0.6) is 0 Å². The number of amides is 4. The van der Waals surface area contributed by atoms with Gasteiger partial charge in [-0.1, -0.05) is 64.6 Å². The van der Waals surface area contributed by atoms with Crippen molar-refractivity contribution in [3.63, 3.8) is 0 Å². The molecule has 0 fully saturated rings. The summed E-state index contributed by atoms with van der Waals surface area (Å²) in [5, 5.41) is 6.06. The highest BCUT2D eigenvalue weighted by atomic mass is 32.1. The number of aromatic amines is 2. The van der Waals surface area contributed by atoms with E-state index in [-0.39, 0.29) is 64.1 Å². The number of hydrogen-bond donors (Lipinski definition) is 5. The van der Waals surface area contributed by atoms with Crippen molar-refractivity contribution in [2.45, 2.75) is 59.4 Å². The van der Waals surface area contributed by atoms with Crippen molar-refractivity contribution in [3.05, 3.63) is 81.1 Å². The van der Waals surface area contributed by atoms with E-state index in [4.69, 9.17) is 4.74 Å². The van der Waals surface area contributed by atoms with Crippen LogP contribution < -0.4 is 27.3 Å². The SMILES string of the molecule is C=CC(=O)N(Cc1cc(=O)[nH]c(=O)[nH]1)NC(=O)[C@H](CC(C)C)NC(=O)[C@@H](NC(=O)OCc1ccccc1)C(C)C.S.S. The van der Waals surface area contributed by atoms with E-state index in [0.29, 0.717) is 0 Å². The van der Waals surface area contributed by atoms with Crippen LogP contribution in [0.3, 0.4) is 0 Å². The molecule has 0 spiro atoms. The predicted molar refractivity (Wildman–Crippen MR) is 167 cm³/mol. The molecule has 0 saturated carbocycles. The largest absolute Gasteiger partial charge is 0.445 e. The number of nitrogens with zero attached hydrogens (tertiary/aromatic N) is 1. The van der Waals surface area contributed by atoms with Crippen molar-refractivity contribution in [1.82, 2.24) is 31.0 Å². The van der Waals surface area contributed by atoms with Crippen LogP contribution in [0.1, 0.15) is 45.4 Å². The second-order valence-electron chi connectivity index (χ2n) is 9.84. The highest BCUT2D eigenvalue weighted by molar-refractivity contribution is 7.59. The van der Waals surface area contributed by atoms with Crippen molar-refractivity contribution in [2.75, 3.05) is 0 Å². The fourth-order valence-electron chi connectivity index (χ4n) is 3.66. The summed E-state index contributed by atoms with van der Waals surface area (Å²) in [6.07, 6.45) is 0.359. The van der Waals surface area contributed by atoms with Crippen LogP contribution in [0.15, 0.2) is 58.6 Å². The van der Waals surface area contributed by atoms with Crippen LogP contribution in [-0.2, 0) is 32.3 Å². The number of rotatable bonds is 12. The van der Waals surface area contributed by atoms with Crippen LogP contribution in [0, 0.1) is 11.8 Å². The summed E-state index contributed by atoms with van der Waals surface area (Å²) < 4.78 is 5.23. The van der Waals surface area contributed by atoms with Crippen molar-refractivity contribution in [2.24, 2.45) is 11.8 Å². The Balaban J connectivity index is 0.00000840. The Morgan fingerprint density at radius 2 is 1.62 bits per heavy atom. The number of hydrogen-bond acceptors (Lipinski definition) is 7. The second kappa shape index (κ2) is 18.5. The molecule has 0 unspecified atom stereocenters. The van der Waals surface area contributed by atoms with Gasteiger partial charge in [-0.3, -0.25) is 29.6 Å². The third-order valence-electron chi connectivity index (χ3n) is 5.61. The molecule has 2 aromatic rings. The van der Waals surface area contributed by atoms with Crippen LogP contribution in [-0.4, -0.2) is 50.9 Å². The van der Waals surface area contributed by atoms with Gasteiger partial charge in [-0.2, -0.15) is 27.0 Å². The van der Waals surface area contributed by atoms with Gasteiger partial charge in [-0.25, -0.2) is 14.6 Å². The van der Waals surface area contributed by atoms with E-state index in [1.165, 1.54) is 0 Å². The lowest BCUT2D eigenvalue weighted by Crippen LogP contribution is -2.58. The minimum absolute atomic E-state index is 0. The van der Waals surface area contributed by atoms with Crippen LogP contribution in [0.4, 0.5) is 4.79 Å². The molecular weight excluding hydrogens is 584 g/mol. The average Bonchev–Trinajstić information content (AvgIpc) is 2.88. The molecule has 2 atom stereocenters. The molecule has 0 bridgehead atoms. The second-order valence-corrected chi connectivity index (χ2v) is 9.84. The maximum Gasteiger partial charge on any atom is 0.408 e. The van der Waals surface area contributed by atoms with Gasteiger partial charge in [0.25, 0.3) is 17.4 Å². The summed E-state index contributed by atoms with van der Waals surface area (Å²) in [7, 11) is 0. The Labute approximate surface area is 257 Å². The lowest BCUT2D eigenvalue weighted by molar-refractivity contribution is -0.141. The fraction of sp³-hybridized carbons (Fsp3) is 0.407. The number of carbonyl (C=O) groups excluding carboxylic acids is 4. The summed E-state index contributed by atoms with van der Waals surface area (Å²) >= 11 is 0. The molecule has 0 aliphatic rings. The third kappa shape index (κ3) is 12.7. The Morgan fingerprint density at radius 3 is 2.17 bits per heavy atom. The van der Waals surface area contributed by atoms with Gasteiger partial charge in [0.15, 0.2) is 0 Å². The first-order chi connectivity index (χ1) is 18.9. The molecule has 0 saturated heterocycles. The van der Waals surface area contributed by atoms with Crippen molar-refractivity contribution in [3.8, 4) is 0 Å². The van der Waals surface area contributed by atoms with Gasteiger partial charge < -0.3 is 20.4 Å². The maximum atomic E-state index is 13.2. The molecule has 15 heteroatoms. The minimum atomic E-state index is -1.09. The summed E-state index contributed by atoms with van der Waals surface area (Å²) in [6, 6.07) is 8.01. The molecule has 0 radical (unpaired) electrons. The zero-order valence-corrected chi connectivity index (χ0v) is 26.0. The quantitative estimate of drug-likeness (QED) is 0.174. The van der Waals surface area contributed by atoms with Crippen LogP contribution in [0.2, 0.25) is 0 Å². The number of nitrogens with one attached hydrogen (secondary N) is 5. The van der Waals surface area contributed by atoms with Crippen LogP contribution >= 0.6 is 27.0 Å². The zero-order chi connectivity index (χ0) is 29.8. The van der Waals surface area contributed by atoms with Crippen molar-refractivity contribution < 1.29 is 23.9 Å². The molecule has 1 aromatic heterocycles. The number of alkyl carbamates (subject to hydrolysis) is 1. The van der Waals surface area contributed by atoms with E-state index in [2.05, 4.69) is 27.6 Å². The van der Waals surface area contributed by atoms with Gasteiger partial charge in [0.05, 0.1) is 6.54 Å². The number of carbonyl (C=O) groups is 4. The molecular formula is C27H40N6O7S2. The van der Waals surface area contributed by atoms with Gasteiger partial charge in [0, 0.05) is 11.8 Å². The van der Waals surface area contributed by atoms with E-state index in [0.717, 1.165) is 22.7 Å². The minimum Gasteiger partial charge on any atom is -0.445 e. The molecule has 1 heterocycles. The normalized spacial score (nSPS) is 11.7. The molecule has 1 aromatic carbocycles. The fourth-order valence-corrected chi connectivity index (χ4v) is 3.66. The summed E-state index contributed by atoms with van der Waals surface area (Å²) in [5.41, 5.74) is 1.80. The Kier molecular flexibility index (Phi) is 16.7. The molecule has 232 valence electrons. The Bertz CT molecular complexity index is 1290. The molecule has 2 rings (SSSR count). The standard InChI is InChI=1S/C27H36N6O7.2H2S/c1-6-22(35)33(14-19-13-21(34)30-26(38)28-19)32-24(36)20(12-16(2)3)29-25(37)23(17(4)5)31-27(39)40-15-18-10-8-7-9-11-18;;/h6-11,13,16-17,20,23H,1,12,14-15H2,2-5H3,(H,29,37)(H,31,39)(H,32,36)(H2,28,30,34,38);2*1H2/t20-,23-;;/m0../s1. The first kappa shape index (κ1) is 38.0. The summed E-state index contributed by atoms with van der Waals surface area (Å²) in [4.78, 5) is 78.9. The lowest BCUT2D eigenvalue weighted by atomic mass is 10.00. The number of aromatic nitrogens is 2. The van der Waals surface area contributed by atoms with E-state index >= 15 is 0 Å². The van der Waals surface area contributed by atoms with Gasteiger partial charge in [-0.05, 0) is 29.9 Å². The number of ether oxygens (including phenoxy) is 1. The van der Waals surface area contributed by atoms with Gasteiger partial charge in [0.2, 0.25) is 5.91 Å². The predicted octanol–water partition coefficient (Wildman–Crippen LogP) is 1.32. The highest BCUT2D eigenvalue weighted by Crippen LogP contribution is 2.10. The van der Waals surface area contributed by atoms with Gasteiger partial charge in [-0.15, -0.1) is 0 Å². The first-order valence-electron chi connectivity index (χ1n) is 12.7. The summed E-state index contributed by atoms with van der Waals surface area (Å²) in [6.45, 7) is 10.2. The maximum absolute atomic E-state index is 13.2. The van der Waals surface area contributed by atoms with E-state index < -0.39 is 47.1 Å². The Hall–Kier alpha value is -3.98. The monoisotopic (exact) mass is 624 g/mol. The first-order valence-corrected chi connectivity index (χ1v) is 12.7. The smallest absolute Gasteiger partial charge is 0.408 e. The van der Waals surface area contributed by atoms with Crippen molar-refractivity contribution >= 4 is 50.8 Å². The third-order valence-corrected chi connectivity index (χ3v) is 5.61. The van der Waals surface area contributed by atoms with E-state index in [1.54, 1.807) is 26.0 Å². The molecule has 4 amide bonds. The molecule has 0 aliphatic heterocycles. The molecule has 5 N–H and O–H groups in total. The zero-order valence-electron chi connectivity index (χ0n) is 24.0. The Morgan fingerprint density at radius 1 is 0.976 bits per heavy atom. The van der Waals surface area contributed by atoms with E-state index in [9.17, 15) is 28.8 Å². The number of hydrazine groups is 1. The molecule has 42 heavy (non-hydrogen) atoms. The van der Waals surface area contributed by atoms with Crippen molar-refractivity contribution in [1.29, 1.82) is 0 Å². The topological polar surface area (TPSA) is 183 Å². The van der Waals surface area contributed by atoms with Gasteiger partial charge in [0.1, 0.15) is 18.7 Å². The van der Waals surface area contributed by atoms with Gasteiger partial charge >= 0.3 is 11.8 Å². The number of benzene rings is 1. The molecule has 13 nitrogen and oxygen atoms in total. The molecule has 0 aliphatic carbocycles. The van der Waals surface area contributed by atoms with E-state index in [1.807, 2.05) is 37.0 Å². The number of H-pyrrole nitrogens is 2. The lowest BCUT2D eigenvalue weighted by Gasteiger charge is -2.28. The average molecular weight is 625 g/mol. The highest BCUT2D eigenvalue weighted by Gasteiger charge is 2.31.